The number of carbonyl (C=O) groups excluding carboxylic acids is 1. The summed E-state index contributed by atoms with van der Waals surface area (Å²) < 4.78 is 0.928. The molecule has 0 bridgehead atoms. The van der Waals surface area contributed by atoms with Gasteiger partial charge < -0.3 is 11.1 Å². The Morgan fingerprint density at radius 2 is 2.11 bits per heavy atom. The van der Waals surface area contributed by atoms with Gasteiger partial charge in [0.15, 0.2) is 0 Å². The summed E-state index contributed by atoms with van der Waals surface area (Å²) in [6.45, 7) is 6.20. The fourth-order valence-corrected chi connectivity index (χ4v) is 2.71. The molecule has 0 saturated carbocycles. The summed E-state index contributed by atoms with van der Waals surface area (Å²) in [7, 11) is 0. The lowest BCUT2D eigenvalue weighted by atomic mass is 10.1. The highest BCUT2D eigenvalue weighted by Gasteiger charge is 2.11. The highest BCUT2D eigenvalue weighted by Crippen LogP contribution is 2.28. The van der Waals surface area contributed by atoms with E-state index in [1.165, 1.54) is 11.8 Å². The Labute approximate surface area is 121 Å². The molecule has 5 heteroatoms. The van der Waals surface area contributed by atoms with E-state index in [-0.39, 0.29) is 11.9 Å². The van der Waals surface area contributed by atoms with Crippen molar-refractivity contribution in [2.75, 3.05) is 11.5 Å². The lowest BCUT2D eigenvalue weighted by Gasteiger charge is -2.17. The fraction of sp³-hybridized carbons (Fsp3) is 0.462. The monoisotopic (exact) mass is 330 g/mol. The van der Waals surface area contributed by atoms with Crippen LogP contribution in [0.15, 0.2) is 27.6 Å². The van der Waals surface area contributed by atoms with Crippen LogP contribution in [-0.4, -0.2) is 17.7 Å². The minimum atomic E-state index is 0.0601. The van der Waals surface area contributed by atoms with E-state index in [4.69, 9.17) is 5.73 Å². The Morgan fingerprint density at radius 1 is 1.44 bits per heavy atom. The second kappa shape index (κ2) is 7.04. The number of nitrogens with one attached hydrogen (secondary N) is 1. The van der Waals surface area contributed by atoms with Gasteiger partial charge in [-0.15, -0.1) is 11.8 Å². The zero-order chi connectivity index (χ0) is 13.7. The molecule has 3 N–H and O–H groups in total. The molecule has 1 unspecified atom stereocenters. The molecule has 0 aliphatic carbocycles. The summed E-state index contributed by atoms with van der Waals surface area (Å²) in [6.07, 6.45) is 0. The Bertz CT molecular complexity index is 423. The van der Waals surface area contributed by atoms with Crippen molar-refractivity contribution >= 4 is 39.3 Å². The van der Waals surface area contributed by atoms with Gasteiger partial charge in [0, 0.05) is 21.1 Å². The van der Waals surface area contributed by atoms with Gasteiger partial charge in [0.25, 0.3) is 0 Å². The van der Waals surface area contributed by atoms with Crippen molar-refractivity contribution in [2.45, 2.75) is 31.7 Å². The summed E-state index contributed by atoms with van der Waals surface area (Å²) in [6, 6.07) is 5.80. The second-order valence-corrected chi connectivity index (χ2v) is 6.45. The molecule has 0 radical (unpaired) electrons. The first-order chi connectivity index (χ1) is 8.40. The van der Waals surface area contributed by atoms with Crippen LogP contribution in [0.4, 0.5) is 5.69 Å². The lowest BCUT2D eigenvalue weighted by molar-refractivity contribution is -0.119. The molecule has 0 aliphatic rings. The Morgan fingerprint density at radius 3 is 2.67 bits per heavy atom. The minimum absolute atomic E-state index is 0.0601. The molecule has 0 heterocycles. The van der Waals surface area contributed by atoms with Gasteiger partial charge in [-0.2, -0.15) is 0 Å². The van der Waals surface area contributed by atoms with E-state index >= 15 is 0 Å². The van der Waals surface area contributed by atoms with Crippen molar-refractivity contribution in [1.82, 2.24) is 5.32 Å². The van der Waals surface area contributed by atoms with Gasteiger partial charge in [0.05, 0.1) is 5.75 Å². The van der Waals surface area contributed by atoms with Crippen LogP contribution >= 0.6 is 27.7 Å². The van der Waals surface area contributed by atoms with E-state index in [1.54, 1.807) is 0 Å². The highest BCUT2D eigenvalue weighted by molar-refractivity contribution is 9.10. The summed E-state index contributed by atoms with van der Waals surface area (Å²) in [4.78, 5) is 12.8. The van der Waals surface area contributed by atoms with Gasteiger partial charge in [-0.25, -0.2) is 0 Å². The van der Waals surface area contributed by atoms with E-state index in [2.05, 4.69) is 35.1 Å². The van der Waals surface area contributed by atoms with Crippen LogP contribution in [0.5, 0.6) is 0 Å². The number of rotatable bonds is 5. The maximum absolute atomic E-state index is 11.7. The smallest absolute Gasteiger partial charge is 0.230 e. The lowest BCUT2D eigenvalue weighted by Crippen LogP contribution is -2.37. The van der Waals surface area contributed by atoms with Gasteiger partial charge >= 0.3 is 0 Å². The van der Waals surface area contributed by atoms with E-state index in [0.29, 0.717) is 17.4 Å². The van der Waals surface area contributed by atoms with Gasteiger partial charge in [0.2, 0.25) is 5.91 Å². The van der Waals surface area contributed by atoms with Gasteiger partial charge in [-0.3, -0.25) is 4.79 Å². The largest absolute Gasteiger partial charge is 0.399 e. The molecular formula is C13H19BrN2OS. The standard InChI is InChI=1S/C13H19BrN2OS/c1-8(2)9(3)16-13(17)7-18-12-5-4-10(15)6-11(12)14/h4-6,8-9H,7,15H2,1-3H3,(H,16,17). The predicted molar refractivity (Wildman–Crippen MR) is 81.7 cm³/mol. The Kier molecular flexibility index (Phi) is 6.02. The van der Waals surface area contributed by atoms with Crippen LogP contribution in [0.25, 0.3) is 0 Å². The molecule has 1 rings (SSSR count). The Hall–Kier alpha value is -0.680. The van der Waals surface area contributed by atoms with Crippen LogP contribution in [0.1, 0.15) is 20.8 Å². The van der Waals surface area contributed by atoms with Gasteiger partial charge in [-0.05, 0) is 47.0 Å². The number of amides is 1. The van der Waals surface area contributed by atoms with Gasteiger partial charge in [0.1, 0.15) is 0 Å². The number of nitrogens with two attached hydrogens (primary N) is 1. The number of hydrogen-bond donors (Lipinski definition) is 2. The predicted octanol–water partition coefficient (Wildman–Crippen LogP) is 3.28. The van der Waals surface area contributed by atoms with Crippen LogP contribution in [0.2, 0.25) is 0 Å². The third-order valence-electron chi connectivity index (χ3n) is 2.70. The fourth-order valence-electron chi connectivity index (χ4n) is 1.24. The van der Waals surface area contributed by atoms with Crippen LogP contribution < -0.4 is 11.1 Å². The van der Waals surface area contributed by atoms with E-state index < -0.39 is 0 Å². The topological polar surface area (TPSA) is 55.1 Å². The average molecular weight is 331 g/mol. The molecule has 0 aliphatic heterocycles. The highest BCUT2D eigenvalue weighted by atomic mass is 79.9. The number of nitrogen functional groups attached to an aromatic ring is 1. The molecule has 0 spiro atoms. The summed E-state index contributed by atoms with van der Waals surface area (Å²) >= 11 is 4.94. The molecule has 18 heavy (non-hydrogen) atoms. The molecular weight excluding hydrogens is 312 g/mol. The Balaban J connectivity index is 2.47. The molecule has 0 saturated heterocycles. The van der Waals surface area contributed by atoms with Crippen molar-refractivity contribution in [3.8, 4) is 0 Å². The molecule has 1 aromatic rings. The first-order valence-corrected chi connectivity index (χ1v) is 7.65. The van der Waals surface area contributed by atoms with Crippen molar-refractivity contribution in [1.29, 1.82) is 0 Å². The summed E-state index contributed by atoms with van der Waals surface area (Å²) in [5.41, 5.74) is 6.38. The van der Waals surface area contributed by atoms with Crippen LogP contribution in [0, 0.1) is 5.92 Å². The van der Waals surface area contributed by atoms with Crippen molar-refractivity contribution in [3.05, 3.63) is 22.7 Å². The first kappa shape index (κ1) is 15.4. The van der Waals surface area contributed by atoms with Crippen LogP contribution in [0.3, 0.4) is 0 Å². The van der Waals surface area contributed by atoms with Crippen LogP contribution in [-0.2, 0) is 4.79 Å². The summed E-state index contributed by atoms with van der Waals surface area (Å²) in [5.74, 6) is 0.923. The zero-order valence-electron chi connectivity index (χ0n) is 10.9. The van der Waals surface area contributed by atoms with E-state index in [1.807, 2.05) is 25.1 Å². The van der Waals surface area contributed by atoms with Crippen molar-refractivity contribution < 1.29 is 4.79 Å². The molecule has 0 fully saturated rings. The maximum atomic E-state index is 11.7. The number of hydrogen-bond acceptors (Lipinski definition) is 3. The number of benzene rings is 1. The quantitative estimate of drug-likeness (QED) is 0.643. The molecule has 0 aromatic heterocycles. The number of halogens is 1. The first-order valence-electron chi connectivity index (χ1n) is 5.87. The molecule has 3 nitrogen and oxygen atoms in total. The van der Waals surface area contributed by atoms with Crippen molar-refractivity contribution in [3.63, 3.8) is 0 Å². The maximum Gasteiger partial charge on any atom is 0.230 e. The summed E-state index contributed by atoms with van der Waals surface area (Å²) in [5, 5.41) is 2.98. The molecule has 100 valence electrons. The average Bonchev–Trinajstić information content (AvgIpc) is 2.27. The zero-order valence-corrected chi connectivity index (χ0v) is 13.3. The molecule has 1 amide bonds. The van der Waals surface area contributed by atoms with E-state index in [9.17, 15) is 4.79 Å². The number of anilines is 1. The van der Waals surface area contributed by atoms with E-state index in [0.717, 1.165) is 9.37 Å². The number of carbonyl (C=O) groups is 1. The normalized spacial score (nSPS) is 12.5. The molecule has 1 atom stereocenters. The molecule has 1 aromatic carbocycles. The minimum Gasteiger partial charge on any atom is -0.399 e. The SMILES string of the molecule is CC(C)C(C)NC(=O)CSc1ccc(N)cc1Br. The van der Waals surface area contributed by atoms with Crippen molar-refractivity contribution in [2.24, 2.45) is 5.92 Å². The third-order valence-corrected chi connectivity index (χ3v) is 4.70. The number of thioether (sulfide) groups is 1. The second-order valence-electron chi connectivity index (χ2n) is 4.58. The third kappa shape index (κ3) is 4.90. The van der Waals surface area contributed by atoms with Gasteiger partial charge in [-0.1, -0.05) is 13.8 Å².